The molecule has 0 aromatic carbocycles. The fourth-order valence-corrected chi connectivity index (χ4v) is 3.33. The van der Waals surface area contributed by atoms with Gasteiger partial charge in [0.15, 0.2) is 0 Å². The van der Waals surface area contributed by atoms with Gasteiger partial charge >= 0.3 is 6.09 Å². The monoisotopic (exact) mass is 312 g/mol. The lowest BCUT2D eigenvalue weighted by atomic mass is 9.84. The van der Waals surface area contributed by atoms with E-state index in [4.69, 9.17) is 4.74 Å². The molecule has 0 aromatic rings. The Hall–Kier alpha value is -0.770. The van der Waals surface area contributed by atoms with Crippen LogP contribution in [0.1, 0.15) is 73.1 Å². The number of rotatable bonds is 7. The maximum absolute atomic E-state index is 11.9. The van der Waals surface area contributed by atoms with Crippen LogP contribution in [0.2, 0.25) is 0 Å². The Morgan fingerprint density at radius 1 is 1.36 bits per heavy atom. The molecule has 0 spiro atoms. The van der Waals surface area contributed by atoms with Gasteiger partial charge < -0.3 is 15.4 Å². The Kier molecular flexibility index (Phi) is 8.23. The number of alkyl carbamates (subject to hydrolysis) is 1. The van der Waals surface area contributed by atoms with Gasteiger partial charge in [0.1, 0.15) is 5.60 Å². The SMILES string of the molecule is CCCC(C)CC(CNC(=O)OC(C)(C)C)C1CCCCN1. The average Bonchev–Trinajstić information content (AvgIpc) is 2.43. The van der Waals surface area contributed by atoms with Gasteiger partial charge in [-0.1, -0.05) is 33.1 Å². The number of amides is 1. The minimum absolute atomic E-state index is 0.295. The molecule has 1 aliphatic rings. The summed E-state index contributed by atoms with van der Waals surface area (Å²) >= 11 is 0. The minimum atomic E-state index is -0.432. The first-order valence-corrected chi connectivity index (χ1v) is 9.02. The van der Waals surface area contributed by atoms with Crippen molar-refractivity contribution in [2.24, 2.45) is 11.8 Å². The molecule has 1 rings (SSSR count). The first kappa shape index (κ1) is 19.3. The molecule has 22 heavy (non-hydrogen) atoms. The zero-order chi connectivity index (χ0) is 16.6. The lowest BCUT2D eigenvalue weighted by Gasteiger charge is -2.33. The van der Waals surface area contributed by atoms with Crippen molar-refractivity contribution < 1.29 is 9.53 Å². The number of carbonyl (C=O) groups is 1. The van der Waals surface area contributed by atoms with Gasteiger partial charge in [0.2, 0.25) is 0 Å². The molecule has 1 saturated heterocycles. The summed E-state index contributed by atoms with van der Waals surface area (Å²) in [5.41, 5.74) is -0.432. The molecule has 4 nitrogen and oxygen atoms in total. The van der Waals surface area contributed by atoms with Crippen LogP contribution in [0.4, 0.5) is 4.79 Å². The van der Waals surface area contributed by atoms with E-state index < -0.39 is 5.60 Å². The van der Waals surface area contributed by atoms with Crippen LogP contribution in [0.3, 0.4) is 0 Å². The molecular weight excluding hydrogens is 276 g/mol. The van der Waals surface area contributed by atoms with Crippen molar-refractivity contribution >= 4 is 6.09 Å². The molecule has 1 heterocycles. The fraction of sp³-hybridized carbons (Fsp3) is 0.944. The summed E-state index contributed by atoms with van der Waals surface area (Å²) in [6.07, 6.45) is 7.15. The van der Waals surface area contributed by atoms with Crippen LogP contribution in [0.5, 0.6) is 0 Å². The molecule has 2 N–H and O–H groups in total. The van der Waals surface area contributed by atoms with Gasteiger partial charge in [-0.15, -0.1) is 0 Å². The molecule has 0 radical (unpaired) electrons. The van der Waals surface area contributed by atoms with E-state index in [0.717, 1.165) is 6.54 Å². The van der Waals surface area contributed by atoms with Crippen LogP contribution in [-0.2, 0) is 4.74 Å². The summed E-state index contributed by atoms with van der Waals surface area (Å²) < 4.78 is 5.36. The molecule has 0 aliphatic carbocycles. The van der Waals surface area contributed by atoms with Gasteiger partial charge in [-0.3, -0.25) is 0 Å². The van der Waals surface area contributed by atoms with Crippen LogP contribution >= 0.6 is 0 Å². The molecule has 3 atom stereocenters. The summed E-state index contributed by atoms with van der Waals surface area (Å²) in [6, 6.07) is 0.531. The third kappa shape index (κ3) is 8.02. The molecule has 1 amide bonds. The molecule has 130 valence electrons. The molecule has 0 aromatic heterocycles. The number of nitrogens with one attached hydrogen (secondary N) is 2. The van der Waals surface area contributed by atoms with Crippen LogP contribution in [-0.4, -0.2) is 30.8 Å². The summed E-state index contributed by atoms with van der Waals surface area (Å²) in [5, 5.41) is 6.63. The highest BCUT2D eigenvalue weighted by molar-refractivity contribution is 5.67. The van der Waals surface area contributed by atoms with Crippen molar-refractivity contribution in [3.63, 3.8) is 0 Å². The first-order chi connectivity index (χ1) is 10.3. The van der Waals surface area contributed by atoms with Gasteiger partial charge in [-0.25, -0.2) is 4.79 Å². The van der Waals surface area contributed by atoms with Crippen molar-refractivity contribution in [1.29, 1.82) is 0 Å². The lowest BCUT2D eigenvalue weighted by molar-refractivity contribution is 0.0510. The fourth-order valence-electron chi connectivity index (χ4n) is 3.33. The maximum Gasteiger partial charge on any atom is 0.407 e. The third-order valence-corrected chi connectivity index (χ3v) is 4.31. The molecule has 3 unspecified atom stereocenters. The van der Waals surface area contributed by atoms with Gasteiger partial charge in [0.25, 0.3) is 0 Å². The summed E-state index contributed by atoms with van der Waals surface area (Å²) in [4.78, 5) is 11.9. The van der Waals surface area contributed by atoms with E-state index in [0.29, 0.717) is 24.4 Å². The molecular formula is C18H36N2O2. The van der Waals surface area contributed by atoms with Gasteiger partial charge in [-0.05, 0) is 58.4 Å². The Bertz CT molecular complexity index is 320. The highest BCUT2D eigenvalue weighted by atomic mass is 16.6. The molecule has 1 aliphatic heterocycles. The minimum Gasteiger partial charge on any atom is -0.444 e. The normalized spacial score (nSPS) is 22.0. The van der Waals surface area contributed by atoms with Crippen molar-refractivity contribution in [1.82, 2.24) is 10.6 Å². The van der Waals surface area contributed by atoms with E-state index in [9.17, 15) is 4.79 Å². The van der Waals surface area contributed by atoms with Crippen molar-refractivity contribution in [2.45, 2.75) is 84.8 Å². The standard InChI is InChI=1S/C18H36N2O2/c1-6-9-14(2)12-15(16-10-7-8-11-19-16)13-20-17(21)22-18(3,4)5/h14-16,19H,6-13H2,1-5H3,(H,20,21). The van der Waals surface area contributed by atoms with Gasteiger partial charge in [-0.2, -0.15) is 0 Å². The van der Waals surface area contributed by atoms with Crippen molar-refractivity contribution in [2.75, 3.05) is 13.1 Å². The number of hydrogen-bond acceptors (Lipinski definition) is 3. The number of hydrogen-bond donors (Lipinski definition) is 2. The van der Waals surface area contributed by atoms with Crippen molar-refractivity contribution in [3.8, 4) is 0 Å². The summed E-state index contributed by atoms with van der Waals surface area (Å²) in [6.45, 7) is 12.1. The molecule has 0 saturated carbocycles. The molecule has 1 fully saturated rings. The number of piperidine rings is 1. The Labute approximate surface area is 136 Å². The quantitative estimate of drug-likeness (QED) is 0.744. The Morgan fingerprint density at radius 2 is 2.09 bits per heavy atom. The highest BCUT2D eigenvalue weighted by Gasteiger charge is 2.26. The van der Waals surface area contributed by atoms with Crippen LogP contribution < -0.4 is 10.6 Å². The third-order valence-electron chi connectivity index (χ3n) is 4.31. The van der Waals surface area contributed by atoms with Gasteiger partial charge in [0, 0.05) is 12.6 Å². The second-order valence-corrected chi connectivity index (χ2v) is 7.83. The van der Waals surface area contributed by atoms with E-state index in [1.807, 2.05) is 20.8 Å². The van der Waals surface area contributed by atoms with Crippen LogP contribution in [0.25, 0.3) is 0 Å². The predicted molar refractivity (Wildman–Crippen MR) is 92.1 cm³/mol. The Balaban J connectivity index is 2.51. The van der Waals surface area contributed by atoms with E-state index in [2.05, 4.69) is 24.5 Å². The lowest BCUT2D eigenvalue weighted by Crippen LogP contribution is -2.46. The summed E-state index contributed by atoms with van der Waals surface area (Å²) in [7, 11) is 0. The number of ether oxygens (including phenoxy) is 1. The molecule has 0 bridgehead atoms. The second kappa shape index (κ2) is 9.39. The topological polar surface area (TPSA) is 50.4 Å². The van der Waals surface area contributed by atoms with Crippen LogP contribution in [0.15, 0.2) is 0 Å². The maximum atomic E-state index is 11.9. The zero-order valence-corrected chi connectivity index (χ0v) is 15.2. The van der Waals surface area contributed by atoms with E-state index in [1.54, 1.807) is 0 Å². The molecule has 4 heteroatoms. The predicted octanol–water partition coefficient (Wildman–Crippen LogP) is 4.10. The van der Waals surface area contributed by atoms with Gasteiger partial charge in [0.05, 0.1) is 0 Å². The first-order valence-electron chi connectivity index (χ1n) is 9.02. The average molecular weight is 312 g/mol. The number of carbonyl (C=O) groups excluding carboxylic acids is 1. The van der Waals surface area contributed by atoms with E-state index in [-0.39, 0.29) is 6.09 Å². The van der Waals surface area contributed by atoms with Crippen molar-refractivity contribution in [3.05, 3.63) is 0 Å². The zero-order valence-electron chi connectivity index (χ0n) is 15.2. The van der Waals surface area contributed by atoms with E-state index >= 15 is 0 Å². The smallest absolute Gasteiger partial charge is 0.407 e. The summed E-state index contributed by atoms with van der Waals surface area (Å²) in [5.74, 6) is 1.20. The Morgan fingerprint density at radius 3 is 2.64 bits per heavy atom. The van der Waals surface area contributed by atoms with E-state index in [1.165, 1.54) is 38.5 Å². The van der Waals surface area contributed by atoms with Crippen LogP contribution in [0, 0.1) is 11.8 Å². The highest BCUT2D eigenvalue weighted by Crippen LogP contribution is 2.24. The second-order valence-electron chi connectivity index (χ2n) is 7.83. The largest absolute Gasteiger partial charge is 0.444 e.